The van der Waals surface area contributed by atoms with E-state index in [9.17, 15) is 18.0 Å². The number of nitrogens with zero attached hydrogens (tertiary/aromatic N) is 3. The topological polar surface area (TPSA) is 85.8 Å². The Balaban J connectivity index is 1.82. The summed E-state index contributed by atoms with van der Waals surface area (Å²) in [6.07, 6.45) is -2.58. The molecule has 3 N–H and O–H groups in total. The van der Waals surface area contributed by atoms with Crippen LogP contribution in [0.3, 0.4) is 0 Å². The summed E-state index contributed by atoms with van der Waals surface area (Å²) in [7, 11) is 0. The second kappa shape index (κ2) is 6.79. The fourth-order valence-electron chi connectivity index (χ4n) is 2.17. The molecule has 0 spiro atoms. The van der Waals surface area contributed by atoms with Gasteiger partial charge in [0.05, 0.1) is 17.4 Å². The van der Waals surface area contributed by atoms with Crippen molar-refractivity contribution in [3.8, 4) is 5.69 Å². The molecule has 0 fully saturated rings. The molecule has 2 heterocycles. The summed E-state index contributed by atoms with van der Waals surface area (Å²) >= 11 is 3.37. The normalized spacial score (nSPS) is 11.4. The molecule has 0 aliphatic rings. The van der Waals surface area contributed by atoms with E-state index in [1.54, 1.807) is 18.2 Å². The predicted octanol–water partition coefficient (Wildman–Crippen LogP) is 3.88. The Morgan fingerprint density at radius 3 is 2.50 bits per heavy atom. The van der Waals surface area contributed by atoms with Crippen molar-refractivity contribution in [2.75, 3.05) is 11.1 Å². The number of rotatable bonds is 3. The number of nitrogens with two attached hydrogens (primary N) is 1. The lowest BCUT2D eigenvalue weighted by Gasteiger charge is -2.08. The molecule has 0 aliphatic heterocycles. The van der Waals surface area contributed by atoms with Gasteiger partial charge in [0, 0.05) is 10.7 Å². The van der Waals surface area contributed by atoms with Crippen molar-refractivity contribution in [2.24, 2.45) is 0 Å². The molecule has 3 aromatic rings. The minimum atomic E-state index is -4.50. The summed E-state index contributed by atoms with van der Waals surface area (Å²) < 4.78 is 39.7. The largest absolute Gasteiger partial charge is 0.417 e. The summed E-state index contributed by atoms with van der Waals surface area (Å²) in [5.74, 6) is -0.578. The maximum Gasteiger partial charge on any atom is 0.417 e. The summed E-state index contributed by atoms with van der Waals surface area (Å²) in [6.45, 7) is 0. The molecular weight excluding hydrogens is 415 g/mol. The first kappa shape index (κ1) is 17.9. The van der Waals surface area contributed by atoms with Crippen LogP contribution in [0.4, 0.5) is 24.8 Å². The number of pyridine rings is 1. The smallest absolute Gasteiger partial charge is 0.383 e. The standard InChI is InChI=1S/C16H11BrF3N5O/c17-11-3-1-2-4-12(11)25-14(21)10(8-23-25)15(26)24-13-6-5-9(7-22-13)16(18,19)20/h1-8H,21H2,(H,22,24,26). The van der Waals surface area contributed by atoms with Crippen molar-refractivity contribution in [1.82, 2.24) is 14.8 Å². The number of nitrogens with one attached hydrogen (secondary N) is 1. The van der Waals surface area contributed by atoms with Gasteiger partial charge >= 0.3 is 6.18 Å². The van der Waals surface area contributed by atoms with E-state index in [4.69, 9.17) is 5.73 Å². The molecule has 1 aromatic carbocycles. The number of anilines is 2. The molecule has 134 valence electrons. The van der Waals surface area contributed by atoms with Gasteiger partial charge in [0.2, 0.25) is 0 Å². The van der Waals surface area contributed by atoms with Crippen LogP contribution in [-0.2, 0) is 6.18 Å². The molecule has 0 atom stereocenters. The SMILES string of the molecule is Nc1c(C(=O)Nc2ccc(C(F)(F)F)cn2)cnn1-c1ccccc1Br. The van der Waals surface area contributed by atoms with Crippen LogP contribution in [-0.4, -0.2) is 20.7 Å². The van der Waals surface area contributed by atoms with Gasteiger partial charge in [-0.2, -0.15) is 18.3 Å². The van der Waals surface area contributed by atoms with Crippen LogP contribution in [0.2, 0.25) is 0 Å². The molecule has 2 aromatic heterocycles. The fraction of sp³-hybridized carbons (Fsp3) is 0.0625. The first-order valence-corrected chi connectivity index (χ1v) is 7.99. The molecular formula is C16H11BrF3N5O. The number of hydrogen-bond donors (Lipinski definition) is 2. The quantitative estimate of drug-likeness (QED) is 0.666. The van der Waals surface area contributed by atoms with E-state index in [0.29, 0.717) is 11.9 Å². The number of nitrogen functional groups attached to an aromatic ring is 1. The lowest BCUT2D eigenvalue weighted by atomic mass is 10.2. The van der Waals surface area contributed by atoms with Crippen molar-refractivity contribution in [3.05, 3.63) is 64.4 Å². The highest BCUT2D eigenvalue weighted by Crippen LogP contribution is 2.29. The average Bonchev–Trinajstić information content (AvgIpc) is 2.96. The molecule has 0 aliphatic carbocycles. The summed E-state index contributed by atoms with van der Waals surface area (Å²) in [5.41, 5.74) is 5.79. The van der Waals surface area contributed by atoms with Crippen molar-refractivity contribution in [1.29, 1.82) is 0 Å². The van der Waals surface area contributed by atoms with Gasteiger partial charge in [-0.3, -0.25) is 4.79 Å². The third-order valence-corrected chi connectivity index (χ3v) is 4.13. The highest BCUT2D eigenvalue weighted by Gasteiger charge is 2.30. The van der Waals surface area contributed by atoms with Gasteiger partial charge < -0.3 is 11.1 Å². The molecule has 10 heteroatoms. The van der Waals surface area contributed by atoms with E-state index in [2.05, 4.69) is 31.3 Å². The number of para-hydroxylation sites is 1. The maximum atomic E-state index is 12.5. The molecule has 0 saturated carbocycles. The van der Waals surface area contributed by atoms with Gasteiger partial charge in [0.1, 0.15) is 17.2 Å². The number of carbonyl (C=O) groups is 1. The minimum Gasteiger partial charge on any atom is -0.383 e. The van der Waals surface area contributed by atoms with Crippen LogP contribution in [0.15, 0.2) is 53.3 Å². The molecule has 1 amide bonds. The van der Waals surface area contributed by atoms with E-state index in [1.807, 2.05) is 6.07 Å². The van der Waals surface area contributed by atoms with Crippen molar-refractivity contribution < 1.29 is 18.0 Å². The average molecular weight is 426 g/mol. The zero-order chi connectivity index (χ0) is 18.9. The zero-order valence-electron chi connectivity index (χ0n) is 13.0. The highest BCUT2D eigenvalue weighted by atomic mass is 79.9. The number of amides is 1. The molecule has 0 saturated heterocycles. The summed E-state index contributed by atoms with van der Waals surface area (Å²) in [4.78, 5) is 15.9. The number of aromatic nitrogens is 3. The Hall–Kier alpha value is -2.88. The number of carbonyl (C=O) groups excluding carboxylic acids is 1. The molecule has 6 nitrogen and oxygen atoms in total. The van der Waals surface area contributed by atoms with E-state index < -0.39 is 17.6 Å². The van der Waals surface area contributed by atoms with E-state index in [0.717, 1.165) is 16.6 Å². The monoisotopic (exact) mass is 425 g/mol. The lowest BCUT2D eigenvalue weighted by molar-refractivity contribution is -0.137. The third kappa shape index (κ3) is 3.54. The Morgan fingerprint density at radius 1 is 1.15 bits per heavy atom. The number of halogens is 4. The van der Waals surface area contributed by atoms with E-state index in [-0.39, 0.29) is 17.2 Å². The Kier molecular flexibility index (Phi) is 4.68. The summed E-state index contributed by atoms with van der Waals surface area (Å²) in [5, 5.41) is 6.48. The van der Waals surface area contributed by atoms with Crippen molar-refractivity contribution in [2.45, 2.75) is 6.18 Å². The van der Waals surface area contributed by atoms with E-state index in [1.165, 1.54) is 10.9 Å². The first-order chi connectivity index (χ1) is 12.3. The summed E-state index contributed by atoms with van der Waals surface area (Å²) in [6, 6.07) is 9.05. The van der Waals surface area contributed by atoms with Gasteiger partial charge in [-0.25, -0.2) is 9.67 Å². The van der Waals surface area contributed by atoms with Gasteiger partial charge in [-0.05, 0) is 40.2 Å². The van der Waals surface area contributed by atoms with Gasteiger partial charge in [-0.1, -0.05) is 12.1 Å². The third-order valence-electron chi connectivity index (χ3n) is 3.46. The molecule has 26 heavy (non-hydrogen) atoms. The maximum absolute atomic E-state index is 12.5. The van der Waals surface area contributed by atoms with Crippen LogP contribution in [0.5, 0.6) is 0 Å². The van der Waals surface area contributed by atoms with Gasteiger partial charge in [-0.15, -0.1) is 0 Å². The van der Waals surface area contributed by atoms with Crippen LogP contribution in [0, 0.1) is 0 Å². The lowest BCUT2D eigenvalue weighted by Crippen LogP contribution is -2.15. The van der Waals surface area contributed by atoms with Gasteiger partial charge in [0.15, 0.2) is 0 Å². The molecule has 0 unspecified atom stereocenters. The van der Waals surface area contributed by atoms with Crippen LogP contribution in [0.25, 0.3) is 5.69 Å². The highest BCUT2D eigenvalue weighted by molar-refractivity contribution is 9.10. The minimum absolute atomic E-state index is 0.0314. The second-order valence-corrected chi connectivity index (χ2v) is 6.05. The Bertz CT molecular complexity index is 953. The molecule has 0 radical (unpaired) electrons. The number of hydrogen-bond acceptors (Lipinski definition) is 4. The van der Waals surface area contributed by atoms with Crippen LogP contribution in [0.1, 0.15) is 15.9 Å². The zero-order valence-corrected chi connectivity index (χ0v) is 14.5. The fourth-order valence-corrected chi connectivity index (χ4v) is 2.62. The van der Waals surface area contributed by atoms with Crippen LogP contribution < -0.4 is 11.1 Å². The van der Waals surface area contributed by atoms with Crippen LogP contribution >= 0.6 is 15.9 Å². The number of benzene rings is 1. The van der Waals surface area contributed by atoms with Crippen molar-refractivity contribution >= 4 is 33.5 Å². The molecule has 3 rings (SSSR count). The second-order valence-electron chi connectivity index (χ2n) is 5.19. The van der Waals surface area contributed by atoms with E-state index >= 15 is 0 Å². The number of alkyl halides is 3. The Morgan fingerprint density at radius 2 is 1.88 bits per heavy atom. The molecule has 0 bridgehead atoms. The Labute approximate surface area is 154 Å². The first-order valence-electron chi connectivity index (χ1n) is 7.20. The van der Waals surface area contributed by atoms with Crippen molar-refractivity contribution in [3.63, 3.8) is 0 Å². The van der Waals surface area contributed by atoms with Gasteiger partial charge in [0.25, 0.3) is 5.91 Å². The predicted molar refractivity (Wildman–Crippen MR) is 92.9 cm³/mol.